The summed E-state index contributed by atoms with van der Waals surface area (Å²) in [4.78, 5) is 4.00. The van der Waals surface area contributed by atoms with E-state index in [1.807, 2.05) is 24.3 Å². The molecule has 0 unspecified atom stereocenters. The van der Waals surface area contributed by atoms with E-state index < -0.39 is 0 Å². The maximum atomic E-state index is 5.46. The predicted octanol–water partition coefficient (Wildman–Crippen LogP) is 2.82. The van der Waals surface area contributed by atoms with Gasteiger partial charge in [0.25, 0.3) is 0 Å². The average molecular weight is 325 g/mol. The van der Waals surface area contributed by atoms with Gasteiger partial charge >= 0.3 is 0 Å². The van der Waals surface area contributed by atoms with Crippen molar-refractivity contribution < 1.29 is 14.2 Å². The summed E-state index contributed by atoms with van der Waals surface area (Å²) in [6, 6.07) is 7.82. The molecule has 0 saturated heterocycles. The summed E-state index contributed by atoms with van der Waals surface area (Å²) in [7, 11) is 4.84. The molecule has 0 saturated carbocycles. The molecule has 0 aliphatic carbocycles. The second kappa shape index (κ2) is 9.12. The molecule has 6 heteroatoms. The molecular formula is C16H21ClN2O3. The van der Waals surface area contributed by atoms with Crippen LogP contribution in [0.3, 0.4) is 0 Å². The van der Waals surface area contributed by atoms with Crippen molar-refractivity contribution in [3.05, 3.63) is 47.8 Å². The van der Waals surface area contributed by atoms with Crippen LogP contribution in [0.2, 0.25) is 0 Å². The number of methoxy groups -OCH3 is 3. The summed E-state index contributed by atoms with van der Waals surface area (Å²) in [6.45, 7) is 1.44. The van der Waals surface area contributed by atoms with Crippen LogP contribution in [-0.4, -0.2) is 26.3 Å². The van der Waals surface area contributed by atoms with Crippen molar-refractivity contribution in [2.45, 2.75) is 13.1 Å². The molecule has 1 aromatic carbocycles. The number of rotatable bonds is 7. The summed E-state index contributed by atoms with van der Waals surface area (Å²) in [5.74, 6) is 1.97. The fraction of sp³-hybridized carbons (Fsp3) is 0.312. The van der Waals surface area contributed by atoms with E-state index in [0.717, 1.165) is 12.1 Å². The Morgan fingerprint density at radius 3 is 2.14 bits per heavy atom. The van der Waals surface area contributed by atoms with Crippen molar-refractivity contribution in [3.8, 4) is 17.2 Å². The van der Waals surface area contributed by atoms with Gasteiger partial charge in [-0.1, -0.05) is 6.07 Å². The highest BCUT2D eigenvalue weighted by Gasteiger charge is 2.15. The number of hydrogen-bond donors (Lipinski definition) is 1. The van der Waals surface area contributed by atoms with Crippen LogP contribution >= 0.6 is 12.4 Å². The molecule has 2 aromatic rings. The lowest BCUT2D eigenvalue weighted by atomic mass is 10.1. The van der Waals surface area contributed by atoms with Gasteiger partial charge in [0, 0.05) is 31.0 Å². The van der Waals surface area contributed by atoms with Gasteiger partial charge in [0.1, 0.15) is 0 Å². The van der Waals surface area contributed by atoms with Crippen molar-refractivity contribution >= 4 is 12.4 Å². The van der Waals surface area contributed by atoms with Crippen LogP contribution in [0.25, 0.3) is 0 Å². The lowest BCUT2D eigenvalue weighted by molar-refractivity contribution is 0.321. The lowest BCUT2D eigenvalue weighted by Gasteiger charge is -2.16. The van der Waals surface area contributed by atoms with Crippen molar-refractivity contribution in [2.24, 2.45) is 0 Å². The highest BCUT2D eigenvalue weighted by atomic mass is 35.5. The molecule has 1 heterocycles. The van der Waals surface area contributed by atoms with E-state index in [1.165, 1.54) is 5.56 Å². The summed E-state index contributed by atoms with van der Waals surface area (Å²) in [5, 5.41) is 3.38. The van der Waals surface area contributed by atoms with E-state index in [1.54, 1.807) is 33.7 Å². The number of nitrogens with zero attached hydrogens (tertiary/aromatic N) is 1. The third kappa shape index (κ3) is 4.26. The Balaban J connectivity index is 0.00000242. The highest BCUT2D eigenvalue weighted by Crippen LogP contribution is 2.39. The van der Waals surface area contributed by atoms with Crippen molar-refractivity contribution in [1.82, 2.24) is 10.3 Å². The normalized spacial score (nSPS) is 9.77. The van der Waals surface area contributed by atoms with Crippen LogP contribution in [0.4, 0.5) is 0 Å². The van der Waals surface area contributed by atoms with Crippen LogP contribution in [0.15, 0.2) is 36.7 Å². The van der Waals surface area contributed by atoms with Gasteiger partial charge in [0.05, 0.1) is 21.3 Å². The quantitative estimate of drug-likeness (QED) is 0.848. The molecule has 0 aliphatic heterocycles. The molecule has 5 nitrogen and oxygen atoms in total. The molecule has 0 radical (unpaired) electrons. The average Bonchev–Trinajstić information content (AvgIpc) is 2.55. The number of halogens is 1. The van der Waals surface area contributed by atoms with Crippen molar-refractivity contribution in [1.29, 1.82) is 0 Å². The molecule has 2 rings (SSSR count). The van der Waals surface area contributed by atoms with Crippen molar-refractivity contribution in [2.75, 3.05) is 21.3 Å². The van der Waals surface area contributed by atoms with Crippen LogP contribution < -0.4 is 19.5 Å². The Hall–Kier alpha value is -1.98. The van der Waals surface area contributed by atoms with E-state index in [-0.39, 0.29) is 12.4 Å². The van der Waals surface area contributed by atoms with E-state index in [2.05, 4.69) is 10.3 Å². The van der Waals surface area contributed by atoms with Gasteiger partial charge in [-0.05, 0) is 23.8 Å². The Bertz CT molecular complexity index is 579. The van der Waals surface area contributed by atoms with Gasteiger partial charge in [-0.3, -0.25) is 4.98 Å². The van der Waals surface area contributed by atoms with Crippen molar-refractivity contribution in [3.63, 3.8) is 0 Å². The third-order valence-electron chi connectivity index (χ3n) is 3.18. The first-order valence-corrected chi connectivity index (χ1v) is 6.67. The number of pyridine rings is 1. The summed E-state index contributed by atoms with van der Waals surface area (Å²) < 4.78 is 16.1. The predicted molar refractivity (Wildman–Crippen MR) is 88.1 cm³/mol. The fourth-order valence-corrected chi connectivity index (χ4v) is 2.14. The minimum absolute atomic E-state index is 0. The van der Waals surface area contributed by atoms with Gasteiger partial charge in [-0.2, -0.15) is 0 Å². The third-order valence-corrected chi connectivity index (χ3v) is 3.18. The van der Waals surface area contributed by atoms with Gasteiger partial charge in [0.15, 0.2) is 11.5 Å². The molecule has 0 bridgehead atoms. The molecule has 0 aliphatic rings. The molecule has 1 aromatic heterocycles. The molecule has 0 spiro atoms. The summed E-state index contributed by atoms with van der Waals surface area (Å²) in [6.07, 6.45) is 3.57. The first-order valence-electron chi connectivity index (χ1n) is 6.67. The molecule has 0 amide bonds. The van der Waals surface area contributed by atoms with E-state index >= 15 is 0 Å². The molecule has 1 N–H and O–H groups in total. The second-order valence-electron chi connectivity index (χ2n) is 4.45. The van der Waals surface area contributed by atoms with Gasteiger partial charge in [-0.25, -0.2) is 0 Å². The lowest BCUT2D eigenvalue weighted by Crippen LogP contribution is -2.13. The molecule has 0 atom stereocenters. The maximum Gasteiger partial charge on any atom is 0.203 e. The number of ether oxygens (including phenoxy) is 3. The minimum Gasteiger partial charge on any atom is -0.493 e. The Kier molecular flexibility index (Phi) is 7.49. The second-order valence-corrected chi connectivity index (χ2v) is 4.45. The van der Waals surface area contributed by atoms with E-state index in [4.69, 9.17) is 14.2 Å². The minimum atomic E-state index is 0. The molecule has 0 fully saturated rings. The van der Waals surface area contributed by atoms with Gasteiger partial charge in [-0.15, -0.1) is 12.4 Å². The Morgan fingerprint density at radius 2 is 1.55 bits per heavy atom. The topological polar surface area (TPSA) is 52.6 Å². The van der Waals surface area contributed by atoms with Crippen LogP contribution in [0.5, 0.6) is 17.2 Å². The zero-order valence-electron chi connectivity index (χ0n) is 13.0. The monoisotopic (exact) mass is 324 g/mol. The van der Waals surface area contributed by atoms with E-state index in [9.17, 15) is 0 Å². The van der Waals surface area contributed by atoms with Crippen LogP contribution in [0, 0.1) is 0 Å². The SMILES string of the molecule is COc1ccc(CNCc2ccncc2)c(OC)c1OC.Cl. The molecule has 22 heavy (non-hydrogen) atoms. The number of aromatic nitrogens is 1. The zero-order chi connectivity index (χ0) is 15.1. The molecular weight excluding hydrogens is 304 g/mol. The fourth-order valence-electron chi connectivity index (χ4n) is 2.14. The van der Waals surface area contributed by atoms with Crippen LogP contribution in [-0.2, 0) is 13.1 Å². The zero-order valence-corrected chi connectivity index (χ0v) is 13.8. The standard InChI is InChI=1S/C16H20N2O3.ClH/c1-19-14-5-4-13(15(20-2)16(14)21-3)11-18-10-12-6-8-17-9-7-12;/h4-9,18H,10-11H2,1-3H3;1H. The smallest absolute Gasteiger partial charge is 0.203 e. The number of nitrogens with one attached hydrogen (secondary N) is 1. The molecule has 120 valence electrons. The Labute approximate surface area is 137 Å². The Morgan fingerprint density at radius 1 is 0.864 bits per heavy atom. The van der Waals surface area contributed by atoms with E-state index in [0.29, 0.717) is 23.8 Å². The van der Waals surface area contributed by atoms with Crippen LogP contribution in [0.1, 0.15) is 11.1 Å². The summed E-state index contributed by atoms with van der Waals surface area (Å²) >= 11 is 0. The van der Waals surface area contributed by atoms with Gasteiger partial charge < -0.3 is 19.5 Å². The maximum absolute atomic E-state index is 5.46. The first-order chi connectivity index (χ1) is 10.3. The largest absolute Gasteiger partial charge is 0.493 e. The first kappa shape index (κ1) is 18.1. The number of hydrogen-bond acceptors (Lipinski definition) is 5. The number of benzene rings is 1. The summed E-state index contributed by atoms with van der Waals surface area (Å²) in [5.41, 5.74) is 2.20. The highest BCUT2D eigenvalue weighted by molar-refractivity contribution is 5.85. The van der Waals surface area contributed by atoms with Gasteiger partial charge in [0.2, 0.25) is 5.75 Å².